The van der Waals surface area contributed by atoms with Crippen LogP contribution in [-0.4, -0.2) is 91.1 Å². The van der Waals surface area contributed by atoms with E-state index in [1.807, 2.05) is 45.0 Å². The van der Waals surface area contributed by atoms with E-state index in [4.69, 9.17) is 14.2 Å². The number of nitrogens with one attached hydrogen (secondary N) is 4. The first-order chi connectivity index (χ1) is 26.0. The van der Waals surface area contributed by atoms with E-state index in [2.05, 4.69) is 26.0 Å². The van der Waals surface area contributed by atoms with Crippen molar-refractivity contribution in [3.8, 4) is 5.75 Å². The first-order valence-corrected chi connectivity index (χ1v) is 18.8. The van der Waals surface area contributed by atoms with Crippen LogP contribution in [0.4, 0.5) is 10.5 Å². The molecule has 0 spiro atoms. The quantitative estimate of drug-likeness (QED) is 0.152. The molecule has 1 heterocycles. The van der Waals surface area contributed by atoms with E-state index in [1.165, 1.54) is 11.7 Å². The van der Waals surface area contributed by atoms with Gasteiger partial charge in [0.25, 0.3) is 0 Å². The molecule has 4 rings (SSSR count). The van der Waals surface area contributed by atoms with Crippen LogP contribution in [0, 0.1) is 5.92 Å². The van der Waals surface area contributed by atoms with E-state index >= 15 is 0 Å². The minimum atomic E-state index is -1.23. The first-order valence-electron chi connectivity index (χ1n) is 18.8. The number of hydrogen-bond acceptors (Lipinski definition) is 10. The highest BCUT2D eigenvalue weighted by Crippen LogP contribution is 2.30. The summed E-state index contributed by atoms with van der Waals surface area (Å²) in [6.07, 6.45) is 5.67. The standard InChI is InChI=1S/C41H57N5O9/c1-40(2,3)54-25-32(36(48)42-23-34(47)53-8)45-37(49)31(22-27-24-46(39(51)55-41(4,5)6)33-17-13-12-16-30(27)33)44-38(50)35(26-14-10-9-11-15-26)43-28-18-20-29(52-7)21-19-28/h12-13,16-21,24,26,31-32,35,43H,9-11,14-15,22-23,25H2,1-8H3,(H,42,48)(H,44,50)(H,45,49)/t31-,32-,35?/m0/s1. The van der Waals surface area contributed by atoms with Gasteiger partial charge in [0, 0.05) is 23.7 Å². The van der Waals surface area contributed by atoms with Gasteiger partial charge in [-0.05, 0) is 96.2 Å². The minimum absolute atomic E-state index is 0.00863. The summed E-state index contributed by atoms with van der Waals surface area (Å²) in [7, 11) is 2.78. The normalized spacial score (nSPS) is 15.3. The van der Waals surface area contributed by atoms with Crippen LogP contribution in [0.25, 0.3) is 10.9 Å². The zero-order valence-corrected chi connectivity index (χ0v) is 33.3. The van der Waals surface area contributed by atoms with Gasteiger partial charge in [-0.15, -0.1) is 0 Å². The van der Waals surface area contributed by atoms with Gasteiger partial charge in [-0.25, -0.2) is 4.79 Å². The Hall–Kier alpha value is -5.11. The SMILES string of the molecule is COC(=O)CNC(=O)[C@H](COC(C)(C)C)NC(=O)[C@H](Cc1cn(C(=O)OC(C)(C)C)c2ccccc12)NC(=O)C(Nc1ccc(OC)cc1)C1CCCCC1. The van der Waals surface area contributed by atoms with Crippen molar-refractivity contribution in [2.75, 3.05) is 32.7 Å². The third-order valence-corrected chi connectivity index (χ3v) is 9.21. The molecule has 1 aliphatic carbocycles. The van der Waals surface area contributed by atoms with Crippen LogP contribution in [0.2, 0.25) is 0 Å². The van der Waals surface area contributed by atoms with Gasteiger partial charge in [-0.2, -0.15) is 0 Å². The van der Waals surface area contributed by atoms with E-state index in [1.54, 1.807) is 58.3 Å². The fraction of sp³-hybridized carbons (Fsp3) is 0.537. The maximum absolute atomic E-state index is 14.5. The summed E-state index contributed by atoms with van der Waals surface area (Å²) in [5, 5.41) is 12.4. The molecule has 14 heteroatoms. The fourth-order valence-electron chi connectivity index (χ4n) is 6.44. The van der Waals surface area contributed by atoms with Gasteiger partial charge in [-0.3, -0.25) is 23.7 Å². The van der Waals surface area contributed by atoms with Crippen LogP contribution in [0.5, 0.6) is 5.75 Å². The Labute approximate surface area is 323 Å². The van der Waals surface area contributed by atoms with Crippen LogP contribution >= 0.6 is 0 Å². The van der Waals surface area contributed by atoms with Crippen molar-refractivity contribution in [3.05, 3.63) is 60.3 Å². The summed E-state index contributed by atoms with van der Waals surface area (Å²) in [5.74, 6) is -1.73. The van der Waals surface area contributed by atoms with Crippen LogP contribution in [-0.2, 0) is 39.8 Å². The highest BCUT2D eigenvalue weighted by Gasteiger charge is 2.35. The van der Waals surface area contributed by atoms with Crippen LogP contribution < -0.4 is 26.0 Å². The highest BCUT2D eigenvalue weighted by molar-refractivity contribution is 5.96. The third-order valence-electron chi connectivity index (χ3n) is 9.21. The van der Waals surface area contributed by atoms with Crippen molar-refractivity contribution in [3.63, 3.8) is 0 Å². The van der Waals surface area contributed by atoms with Gasteiger partial charge in [0.1, 0.15) is 36.0 Å². The monoisotopic (exact) mass is 763 g/mol. The number of aromatic nitrogens is 1. The summed E-state index contributed by atoms with van der Waals surface area (Å²) < 4.78 is 23.0. The van der Waals surface area contributed by atoms with Crippen molar-refractivity contribution in [1.29, 1.82) is 0 Å². The maximum atomic E-state index is 14.5. The molecule has 4 N–H and O–H groups in total. The number of carbonyl (C=O) groups excluding carboxylic acids is 5. The fourth-order valence-corrected chi connectivity index (χ4v) is 6.44. The highest BCUT2D eigenvalue weighted by atomic mass is 16.6. The number of hydrogen-bond donors (Lipinski definition) is 4. The summed E-state index contributed by atoms with van der Waals surface area (Å²) in [6, 6.07) is 11.4. The molecular formula is C41H57N5O9. The molecule has 1 unspecified atom stereocenters. The lowest BCUT2D eigenvalue weighted by atomic mass is 9.83. The van der Waals surface area contributed by atoms with E-state index in [9.17, 15) is 24.0 Å². The van der Waals surface area contributed by atoms with Gasteiger partial charge >= 0.3 is 12.1 Å². The second kappa shape index (κ2) is 19.0. The number of esters is 1. The molecule has 55 heavy (non-hydrogen) atoms. The van der Waals surface area contributed by atoms with Crippen LogP contribution in [0.15, 0.2) is 54.7 Å². The number of anilines is 1. The van der Waals surface area contributed by atoms with Gasteiger partial charge in [-0.1, -0.05) is 37.5 Å². The van der Waals surface area contributed by atoms with E-state index in [-0.39, 0.29) is 18.9 Å². The zero-order valence-electron chi connectivity index (χ0n) is 33.3. The van der Waals surface area contributed by atoms with Gasteiger partial charge in [0.15, 0.2) is 0 Å². The third kappa shape index (κ3) is 12.7. The molecular weight excluding hydrogens is 706 g/mol. The summed E-state index contributed by atoms with van der Waals surface area (Å²) in [4.78, 5) is 67.5. The predicted octanol–water partition coefficient (Wildman–Crippen LogP) is 5.11. The lowest BCUT2D eigenvalue weighted by Crippen LogP contribution is -2.58. The predicted molar refractivity (Wildman–Crippen MR) is 209 cm³/mol. The van der Waals surface area contributed by atoms with Crippen molar-refractivity contribution in [2.45, 2.75) is 109 Å². The molecule has 1 fully saturated rings. The van der Waals surface area contributed by atoms with E-state index < -0.39 is 65.7 Å². The molecule has 1 aromatic heterocycles. The first kappa shape index (κ1) is 42.6. The Bertz CT molecular complexity index is 1790. The van der Waals surface area contributed by atoms with Crippen LogP contribution in [0.3, 0.4) is 0 Å². The second-order valence-corrected chi connectivity index (χ2v) is 15.8. The number of methoxy groups -OCH3 is 2. The lowest BCUT2D eigenvalue weighted by molar-refractivity contribution is -0.142. The Morgan fingerprint density at radius 1 is 0.800 bits per heavy atom. The van der Waals surface area contributed by atoms with Crippen LogP contribution in [0.1, 0.15) is 79.2 Å². The van der Waals surface area contributed by atoms with Gasteiger partial charge in [0.05, 0.1) is 31.9 Å². The van der Waals surface area contributed by atoms with Gasteiger partial charge < -0.3 is 40.2 Å². The maximum Gasteiger partial charge on any atom is 0.419 e. The number of ether oxygens (including phenoxy) is 4. The number of benzene rings is 2. The van der Waals surface area contributed by atoms with Crippen molar-refractivity contribution in [1.82, 2.24) is 20.5 Å². The van der Waals surface area contributed by atoms with E-state index in [0.29, 0.717) is 22.2 Å². The number of nitrogens with zero attached hydrogens (tertiary/aromatic N) is 1. The molecule has 0 bridgehead atoms. The summed E-state index contributed by atoms with van der Waals surface area (Å²) in [5.41, 5.74) is 0.453. The number of rotatable bonds is 15. The molecule has 0 saturated heterocycles. The molecule has 0 aliphatic heterocycles. The average Bonchev–Trinajstić information content (AvgIpc) is 3.51. The molecule has 300 valence electrons. The average molecular weight is 764 g/mol. The molecule has 1 saturated carbocycles. The Balaban J connectivity index is 1.72. The number of fused-ring (bicyclic) bond motifs is 1. The molecule has 14 nitrogen and oxygen atoms in total. The molecule has 2 aromatic carbocycles. The Morgan fingerprint density at radius 2 is 1.45 bits per heavy atom. The zero-order chi connectivity index (χ0) is 40.3. The molecule has 3 amide bonds. The lowest BCUT2D eigenvalue weighted by Gasteiger charge is -2.32. The molecule has 3 aromatic rings. The van der Waals surface area contributed by atoms with E-state index in [0.717, 1.165) is 37.8 Å². The Morgan fingerprint density at radius 3 is 2.07 bits per heavy atom. The van der Waals surface area contributed by atoms with Crippen molar-refractivity contribution < 1.29 is 42.9 Å². The Kier molecular flexibility index (Phi) is 14.7. The molecule has 3 atom stereocenters. The molecule has 1 aliphatic rings. The van der Waals surface area contributed by atoms with Gasteiger partial charge in [0.2, 0.25) is 17.7 Å². The number of para-hydroxylation sites is 1. The number of carbonyl (C=O) groups is 5. The largest absolute Gasteiger partial charge is 0.497 e. The van der Waals surface area contributed by atoms with Crippen molar-refractivity contribution in [2.24, 2.45) is 5.92 Å². The summed E-state index contributed by atoms with van der Waals surface area (Å²) >= 11 is 0. The second-order valence-electron chi connectivity index (χ2n) is 15.8. The number of amides is 3. The topological polar surface area (TPSA) is 175 Å². The van der Waals surface area contributed by atoms with Crippen molar-refractivity contribution >= 4 is 46.4 Å². The summed E-state index contributed by atoms with van der Waals surface area (Å²) in [6.45, 7) is 10.1. The molecule has 0 radical (unpaired) electrons. The smallest absolute Gasteiger partial charge is 0.419 e. The minimum Gasteiger partial charge on any atom is -0.497 e.